The summed E-state index contributed by atoms with van der Waals surface area (Å²) in [5, 5.41) is 0.681. The summed E-state index contributed by atoms with van der Waals surface area (Å²) in [4.78, 5) is 0. The molecular formula is C15H16ClNO. The van der Waals surface area contributed by atoms with E-state index in [2.05, 4.69) is 0 Å². The summed E-state index contributed by atoms with van der Waals surface area (Å²) in [6.07, 6.45) is -0.0391. The smallest absolute Gasteiger partial charge is 0.124 e. The Bertz CT molecular complexity index is 537. The van der Waals surface area contributed by atoms with Crippen molar-refractivity contribution < 1.29 is 4.74 Å². The second-order valence-corrected chi connectivity index (χ2v) is 4.77. The lowest BCUT2D eigenvalue weighted by Gasteiger charge is -2.17. The quantitative estimate of drug-likeness (QED) is 0.833. The van der Waals surface area contributed by atoms with E-state index in [1.165, 1.54) is 0 Å². The second kappa shape index (κ2) is 5.32. The number of ether oxygens (including phenoxy) is 1. The van der Waals surface area contributed by atoms with Crippen molar-refractivity contribution in [1.82, 2.24) is 0 Å². The van der Waals surface area contributed by atoms with Gasteiger partial charge >= 0.3 is 0 Å². The van der Waals surface area contributed by atoms with E-state index in [0.29, 0.717) is 5.02 Å². The van der Waals surface area contributed by atoms with E-state index < -0.39 is 0 Å². The van der Waals surface area contributed by atoms with Crippen molar-refractivity contribution in [3.8, 4) is 5.75 Å². The number of anilines is 1. The Balaban J connectivity index is 2.18. The fourth-order valence-electron chi connectivity index (χ4n) is 1.73. The number of hydrogen-bond donors (Lipinski definition) is 1. The molecule has 2 rings (SSSR count). The molecule has 0 spiro atoms. The molecule has 18 heavy (non-hydrogen) atoms. The molecule has 1 atom stereocenters. The molecule has 2 nitrogen and oxygen atoms in total. The van der Waals surface area contributed by atoms with Gasteiger partial charge in [-0.2, -0.15) is 0 Å². The molecule has 0 radical (unpaired) electrons. The van der Waals surface area contributed by atoms with Crippen LogP contribution in [-0.4, -0.2) is 0 Å². The normalized spacial score (nSPS) is 12.2. The molecular weight excluding hydrogens is 246 g/mol. The molecule has 0 amide bonds. The van der Waals surface area contributed by atoms with Gasteiger partial charge in [0.05, 0.1) is 0 Å². The number of nitrogen functional groups attached to an aromatic ring is 1. The molecule has 3 heteroatoms. The molecule has 0 fully saturated rings. The van der Waals surface area contributed by atoms with Crippen molar-refractivity contribution in [2.24, 2.45) is 0 Å². The highest BCUT2D eigenvalue weighted by atomic mass is 35.5. The fourth-order valence-corrected chi connectivity index (χ4v) is 1.89. The van der Waals surface area contributed by atoms with Gasteiger partial charge in [0, 0.05) is 10.7 Å². The van der Waals surface area contributed by atoms with Gasteiger partial charge in [-0.15, -0.1) is 0 Å². The van der Waals surface area contributed by atoms with E-state index >= 15 is 0 Å². The number of benzene rings is 2. The first-order chi connectivity index (χ1) is 8.56. The largest absolute Gasteiger partial charge is 0.486 e. The topological polar surface area (TPSA) is 35.2 Å². The summed E-state index contributed by atoms with van der Waals surface area (Å²) < 4.78 is 5.93. The van der Waals surface area contributed by atoms with Gasteiger partial charge in [-0.05, 0) is 49.2 Å². The van der Waals surface area contributed by atoms with Gasteiger partial charge in [0.2, 0.25) is 0 Å². The van der Waals surface area contributed by atoms with Crippen molar-refractivity contribution in [2.75, 3.05) is 5.73 Å². The van der Waals surface area contributed by atoms with Crippen LogP contribution in [-0.2, 0) is 0 Å². The van der Waals surface area contributed by atoms with Crippen LogP contribution in [0.2, 0.25) is 5.02 Å². The zero-order chi connectivity index (χ0) is 13.1. The molecule has 0 bridgehead atoms. The summed E-state index contributed by atoms with van der Waals surface area (Å²) in [6.45, 7) is 4.01. The predicted octanol–water partition coefficient (Wildman–Crippen LogP) is 4.37. The van der Waals surface area contributed by atoms with Crippen LogP contribution in [0.1, 0.15) is 24.2 Å². The minimum Gasteiger partial charge on any atom is -0.486 e. The van der Waals surface area contributed by atoms with Crippen molar-refractivity contribution in [3.05, 3.63) is 58.6 Å². The van der Waals surface area contributed by atoms with Gasteiger partial charge in [0.25, 0.3) is 0 Å². The van der Waals surface area contributed by atoms with Crippen LogP contribution in [0.5, 0.6) is 5.75 Å². The zero-order valence-electron chi connectivity index (χ0n) is 10.5. The predicted molar refractivity (Wildman–Crippen MR) is 76.1 cm³/mol. The molecule has 0 aromatic heterocycles. The third-order valence-electron chi connectivity index (χ3n) is 2.86. The first kappa shape index (κ1) is 12.8. The minimum absolute atomic E-state index is 0.0391. The highest BCUT2D eigenvalue weighted by Gasteiger charge is 2.09. The van der Waals surface area contributed by atoms with Crippen LogP contribution in [0, 0.1) is 6.92 Å². The van der Waals surface area contributed by atoms with Crippen LogP contribution >= 0.6 is 11.6 Å². The van der Waals surface area contributed by atoms with Crippen molar-refractivity contribution in [1.29, 1.82) is 0 Å². The molecule has 2 N–H and O–H groups in total. The summed E-state index contributed by atoms with van der Waals surface area (Å²) in [5.74, 6) is 0.812. The zero-order valence-corrected chi connectivity index (χ0v) is 11.2. The lowest BCUT2D eigenvalue weighted by atomic mass is 10.1. The average molecular weight is 262 g/mol. The summed E-state index contributed by atoms with van der Waals surface area (Å²) in [6, 6.07) is 13.3. The van der Waals surface area contributed by atoms with Crippen LogP contribution in [0.3, 0.4) is 0 Å². The van der Waals surface area contributed by atoms with Crippen LogP contribution in [0.25, 0.3) is 0 Å². The Morgan fingerprint density at radius 1 is 1.11 bits per heavy atom. The van der Waals surface area contributed by atoms with Crippen LogP contribution < -0.4 is 10.5 Å². The van der Waals surface area contributed by atoms with Crippen LogP contribution in [0.4, 0.5) is 5.69 Å². The third kappa shape index (κ3) is 2.96. The summed E-state index contributed by atoms with van der Waals surface area (Å²) >= 11 is 5.97. The van der Waals surface area contributed by atoms with Crippen LogP contribution in [0.15, 0.2) is 42.5 Å². The highest BCUT2D eigenvalue weighted by molar-refractivity contribution is 6.30. The number of hydrogen-bond acceptors (Lipinski definition) is 2. The van der Waals surface area contributed by atoms with Gasteiger partial charge in [0.15, 0.2) is 0 Å². The molecule has 2 aromatic rings. The van der Waals surface area contributed by atoms with Gasteiger partial charge in [-0.1, -0.05) is 29.8 Å². The molecule has 0 aliphatic heterocycles. The van der Waals surface area contributed by atoms with Gasteiger partial charge < -0.3 is 10.5 Å². The average Bonchev–Trinajstić information content (AvgIpc) is 2.34. The fraction of sp³-hybridized carbons (Fsp3) is 0.200. The molecule has 94 valence electrons. The second-order valence-electron chi connectivity index (χ2n) is 4.34. The van der Waals surface area contributed by atoms with Gasteiger partial charge in [-0.25, -0.2) is 0 Å². The number of aryl methyl sites for hydroxylation is 1. The monoisotopic (exact) mass is 261 g/mol. The molecule has 2 aromatic carbocycles. The summed E-state index contributed by atoms with van der Waals surface area (Å²) in [5.41, 5.74) is 8.58. The van der Waals surface area contributed by atoms with E-state index in [4.69, 9.17) is 22.1 Å². The molecule has 0 aliphatic carbocycles. The molecule has 0 saturated heterocycles. The van der Waals surface area contributed by atoms with Gasteiger partial charge in [0.1, 0.15) is 11.9 Å². The number of halogens is 1. The Morgan fingerprint density at radius 2 is 1.78 bits per heavy atom. The SMILES string of the molecule is Cc1ccc(Cl)cc1OC(C)c1ccc(N)cc1. The van der Waals surface area contributed by atoms with Crippen molar-refractivity contribution in [2.45, 2.75) is 20.0 Å². The maximum absolute atomic E-state index is 5.97. The maximum Gasteiger partial charge on any atom is 0.124 e. The number of rotatable bonds is 3. The minimum atomic E-state index is -0.0391. The Kier molecular flexibility index (Phi) is 3.78. The Morgan fingerprint density at radius 3 is 2.44 bits per heavy atom. The first-order valence-electron chi connectivity index (χ1n) is 5.84. The molecule has 0 saturated carbocycles. The van der Waals surface area contributed by atoms with E-state index in [-0.39, 0.29) is 6.10 Å². The highest BCUT2D eigenvalue weighted by Crippen LogP contribution is 2.27. The van der Waals surface area contributed by atoms with Gasteiger partial charge in [-0.3, -0.25) is 0 Å². The van der Waals surface area contributed by atoms with Crippen molar-refractivity contribution in [3.63, 3.8) is 0 Å². The number of nitrogens with two attached hydrogens (primary N) is 1. The van der Waals surface area contributed by atoms with E-state index in [1.54, 1.807) is 0 Å². The Labute approximate surface area is 112 Å². The molecule has 0 heterocycles. The third-order valence-corrected chi connectivity index (χ3v) is 3.09. The van der Waals surface area contributed by atoms with E-state index in [1.807, 2.05) is 56.3 Å². The Hall–Kier alpha value is -1.67. The van der Waals surface area contributed by atoms with Crippen molar-refractivity contribution >= 4 is 17.3 Å². The standard InChI is InChI=1S/C15H16ClNO/c1-10-3-6-13(16)9-15(10)18-11(2)12-4-7-14(17)8-5-12/h3-9,11H,17H2,1-2H3. The van der Waals surface area contributed by atoms with E-state index in [9.17, 15) is 0 Å². The molecule has 0 aliphatic rings. The lowest BCUT2D eigenvalue weighted by Crippen LogP contribution is -2.04. The first-order valence-corrected chi connectivity index (χ1v) is 6.22. The maximum atomic E-state index is 5.97. The lowest BCUT2D eigenvalue weighted by molar-refractivity contribution is 0.225. The molecule has 1 unspecified atom stereocenters. The van der Waals surface area contributed by atoms with E-state index in [0.717, 1.165) is 22.6 Å². The summed E-state index contributed by atoms with van der Waals surface area (Å²) in [7, 11) is 0.